The topological polar surface area (TPSA) is 104 Å². The number of hydrogen-bond donors (Lipinski definition) is 1. The quantitative estimate of drug-likeness (QED) is 0.637. The highest BCUT2D eigenvalue weighted by Gasteiger charge is 2.47. The summed E-state index contributed by atoms with van der Waals surface area (Å²) in [4.78, 5) is 38.4. The van der Waals surface area contributed by atoms with E-state index >= 15 is 0 Å². The molecule has 1 N–H and O–H groups in total. The molecular formula is C18H23N3O5. The number of carboxylic acids is 1. The van der Waals surface area contributed by atoms with E-state index in [-0.39, 0.29) is 30.1 Å². The highest BCUT2D eigenvalue weighted by molar-refractivity contribution is 5.88. The van der Waals surface area contributed by atoms with E-state index in [1.165, 1.54) is 15.9 Å². The number of carboxylic acid groups (broad SMARTS) is 1. The van der Waals surface area contributed by atoms with Gasteiger partial charge in [0.05, 0.1) is 11.5 Å². The van der Waals surface area contributed by atoms with Gasteiger partial charge in [-0.05, 0) is 31.2 Å². The van der Waals surface area contributed by atoms with E-state index < -0.39 is 16.9 Å². The minimum absolute atomic E-state index is 0.0310. The smallest absolute Gasteiger partial charge is 0.326 e. The van der Waals surface area contributed by atoms with Gasteiger partial charge >= 0.3 is 5.97 Å². The van der Waals surface area contributed by atoms with E-state index in [9.17, 15) is 24.8 Å². The summed E-state index contributed by atoms with van der Waals surface area (Å²) < 4.78 is 0. The van der Waals surface area contributed by atoms with Gasteiger partial charge in [-0.25, -0.2) is 4.79 Å². The summed E-state index contributed by atoms with van der Waals surface area (Å²) in [7, 11) is 1.62. The molecule has 0 spiro atoms. The molecule has 0 aromatic heterocycles. The minimum atomic E-state index is -0.971. The molecule has 3 rings (SSSR count). The second-order valence-electron chi connectivity index (χ2n) is 7.10. The molecule has 1 aliphatic carbocycles. The Morgan fingerprint density at radius 1 is 1.31 bits per heavy atom. The number of anilines is 1. The van der Waals surface area contributed by atoms with Crippen molar-refractivity contribution in [1.82, 2.24) is 4.90 Å². The minimum Gasteiger partial charge on any atom is -0.480 e. The number of likely N-dealkylation sites (N-methyl/N-ethyl adjacent to an activating group) is 1. The van der Waals surface area contributed by atoms with Crippen molar-refractivity contribution in [1.29, 1.82) is 0 Å². The van der Waals surface area contributed by atoms with E-state index in [4.69, 9.17) is 0 Å². The predicted molar refractivity (Wildman–Crippen MR) is 95.0 cm³/mol. The molecule has 1 heterocycles. The summed E-state index contributed by atoms with van der Waals surface area (Å²) in [6, 6.07) is 5.41. The number of aliphatic carboxylic acids is 1. The first kappa shape index (κ1) is 18.2. The maximum Gasteiger partial charge on any atom is 0.326 e. The van der Waals surface area contributed by atoms with Crippen molar-refractivity contribution >= 4 is 23.3 Å². The highest BCUT2D eigenvalue weighted by atomic mass is 16.6. The third-order valence-electron chi connectivity index (χ3n) is 5.52. The summed E-state index contributed by atoms with van der Waals surface area (Å²) in [5.41, 5.74) is 0.270. The molecule has 3 atom stereocenters. The van der Waals surface area contributed by atoms with Gasteiger partial charge in [0.1, 0.15) is 11.7 Å². The zero-order chi connectivity index (χ0) is 18.8. The Labute approximate surface area is 151 Å². The number of nitrogens with zero attached hydrogens (tertiary/aromatic N) is 3. The number of amides is 1. The fourth-order valence-corrected chi connectivity index (χ4v) is 4.35. The molecule has 1 saturated heterocycles. The molecule has 1 aromatic carbocycles. The number of nitro benzene ring substituents is 1. The molecule has 0 radical (unpaired) electrons. The van der Waals surface area contributed by atoms with Crippen LogP contribution in [0.4, 0.5) is 11.4 Å². The summed E-state index contributed by atoms with van der Waals surface area (Å²) in [5, 5.41) is 20.8. The number of hydrogen-bond acceptors (Lipinski definition) is 5. The maximum absolute atomic E-state index is 12.9. The van der Waals surface area contributed by atoms with Crippen molar-refractivity contribution < 1.29 is 19.6 Å². The van der Waals surface area contributed by atoms with Crippen molar-refractivity contribution in [3.63, 3.8) is 0 Å². The van der Waals surface area contributed by atoms with Crippen LogP contribution in [-0.4, -0.2) is 52.5 Å². The van der Waals surface area contributed by atoms with Gasteiger partial charge in [0, 0.05) is 19.2 Å². The Bertz CT molecular complexity index is 723. The highest BCUT2D eigenvalue weighted by Crippen LogP contribution is 2.40. The molecule has 0 bridgehead atoms. The first-order chi connectivity index (χ1) is 12.4. The van der Waals surface area contributed by atoms with Gasteiger partial charge in [0.15, 0.2) is 0 Å². The Morgan fingerprint density at radius 3 is 2.69 bits per heavy atom. The summed E-state index contributed by atoms with van der Waals surface area (Å²) in [6.07, 6.45) is 4.36. The van der Waals surface area contributed by atoms with Crippen LogP contribution in [-0.2, 0) is 9.59 Å². The Morgan fingerprint density at radius 2 is 2.00 bits per heavy atom. The van der Waals surface area contributed by atoms with Crippen LogP contribution in [0.25, 0.3) is 0 Å². The number of fused-ring (bicyclic) bond motifs is 1. The Balaban J connectivity index is 1.80. The van der Waals surface area contributed by atoms with Gasteiger partial charge in [0.25, 0.3) is 5.69 Å². The van der Waals surface area contributed by atoms with Gasteiger partial charge in [-0.15, -0.1) is 0 Å². The summed E-state index contributed by atoms with van der Waals surface area (Å²) in [6.45, 7) is -0.0855. The standard InChI is InChI=1S/C18H23N3O5/c1-19(14-8-4-5-9-15(14)21(25)26)11-17(22)20-13-7-3-2-6-12(13)10-16(20)18(23)24/h4-5,8-9,12-13,16H,2-3,6-7,10-11H2,1H3,(H,23,24). The zero-order valence-electron chi connectivity index (χ0n) is 14.7. The molecule has 3 unspecified atom stereocenters. The van der Waals surface area contributed by atoms with Crippen LogP contribution < -0.4 is 4.90 Å². The number of carbonyl (C=O) groups is 2. The molecule has 2 aliphatic rings. The Hall–Kier alpha value is -2.64. The van der Waals surface area contributed by atoms with Crippen LogP contribution in [0, 0.1) is 16.0 Å². The summed E-state index contributed by atoms with van der Waals surface area (Å²) in [5.74, 6) is -1.02. The van der Waals surface area contributed by atoms with Gasteiger partial charge in [0.2, 0.25) is 5.91 Å². The van der Waals surface area contributed by atoms with Crippen molar-refractivity contribution in [2.24, 2.45) is 5.92 Å². The molecule has 1 saturated carbocycles. The largest absolute Gasteiger partial charge is 0.480 e. The van der Waals surface area contributed by atoms with Crippen LogP contribution in [0.15, 0.2) is 24.3 Å². The molecule has 1 aromatic rings. The number of likely N-dealkylation sites (tertiary alicyclic amines) is 1. The lowest BCUT2D eigenvalue weighted by molar-refractivity contribution is -0.384. The van der Waals surface area contributed by atoms with Crippen molar-refractivity contribution in [2.45, 2.75) is 44.2 Å². The van der Waals surface area contributed by atoms with E-state index in [1.54, 1.807) is 25.2 Å². The molecular weight excluding hydrogens is 338 g/mol. The molecule has 1 amide bonds. The predicted octanol–water partition coefficient (Wildman–Crippen LogP) is 2.28. The van der Waals surface area contributed by atoms with E-state index in [2.05, 4.69) is 0 Å². The normalized spacial score (nSPS) is 24.8. The monoisotopic (exact) mass is 361 g/mol. The first-order valence-corrected chi connectivity index (χ1v) is 8.88. The van der Waals surface area contributed by atoms with Crippen molar-refractivity contribution in [2.75, 3.05) is 18.5 Å². The third-order valence-corrected chi connectivity index (χ3v) is 5.52. The molecule has 2 fully saturated rings. The molecule has 8 heteroatoms. The lowest BCUT2D eigenvalue weighted by Gasteiger charge is -2.34. The van der Waals surface area contributed by atoms with E-state index in [0.29, 0.717) is 12.1 Å². The number of rotatable bonds is 5. The number of carbonyl (C=O) groups excluding carboxylic acids is 1. The van der Waals surface area contributed by atoms with E-state index in [1.807, 2.05) is 0 Å². The average Bonchev–Trinajstić information content (AvgIpc) is 3.01. The van der Waals surface area contributed by atoms with Crippen LogP contribution in [0.3, 0.4) is 0 Å². The van der Waals surface area contributed by atoms with E-state index in [0.717, 1.165) is 25.7 Å². The number of nitro groups is 1. The zero-order valence-corrected chi connectivity index (χ0v) is 14.7. The second-order valence-corrected chi connectivity index (χ2v) is 7.10. The number of para-hydroxylation sites is 2. The van der Waals surface area contributed by atoms with Gasteiger partial charge in [-0.2, -0.15) is 0 Å². The van der Waals surface area contributed by atoms with Crippen LogP contribution >= 0.6 is 0 Å². The molecule has 8 nitrogen and oxygen atoms in total. The van der Waals surface area contributed by atoms with Gasteiger partial charge in [-0.3, -0.25) is 14.9 Å². The fourth-order valence-electron chi connectivity index (χ4n) is 4.35. The lowest BCUT2D eigenvalue weighted by Crippen LogP contribution is -2.49. The molecule has 26 heavy (non-hydrogen) atoms. The molecule has 1 aliphatic heterocycles. The Kier molecular flexibility index (Phi) is 5.11. The van der Waals surface area contributed by atoms with Crippen molar-refractivity contribution in [3.8, 4) is 0 Å². The lowest BCUT2D eigenvalue weighted by atomic mass is 9.85. The van der Waals surface area contributed by atoms with Crippen molar-refractivity contribution in [3.05, 3.63) is 34.4 Å². The second kappa shape index (κ2) is 7.31. The average molecular weight is 361 g/mol. The van der Waals surface area contributed by atoms with Gasteiger partial charge in [-0.1, -0.05) is 25.0 Å². The maximum atomic E-state index is 12.9. The summed E-state index contributed by atoms with van der Waals surface area (Å²) >= 11 is 0. The van der Waals surface area contributed by atoms with Crippen LogP contribution in [0.5, 0.6) is 0 Å². The van der Waals surface area contributed by atoms with Crippen LogP contribution in [0.1, 0.15) is 32.1 Å². The molecule has 140 valence electrons. The SMILES string of the molecule is CN(CC(=O)N1C(C(=O)O)CC2CCCCC21)c1ccccc1[N+](=O)[O-]. The third kappa shape index (κ3) is 3.36. The first-order valence-electron chi connectivity index (χ1n) is 8.88. The fraction of sp³-hybridized carbons (Fsp3) is 0.556. The van der Waals surface area contributed by atoms with Gasteiger partial charge < -0.3 is 14.9 Å². The van der Waals surface area contributed by atoms with Crippen LogP contribution in [0.2, 0.25) is 0 Å². The number of benzene rings is 1.